The second-order valence-corrected chi connectivity index (χ2v) is 7.86. The highest BCUT2D eigenvalue weighted by Gasteiger charge is 2.54. The van der Waals surface area contributed by atoms with Crippen molar-refractivity contribution in [1.29, 1.82) is 0 Å². The highest BCUT2D eigenvalue weighted by atomic mass is 16.3. The van der Waals surface area contributed by atoms with Gasteiger partial charge in [-0.05, 0) is 23.3 Å². The average molecular weight is 402 g/mol. The number of fused-ring (bicyclic) bond motifs is 1. The van der Waals surface area contributed by atoms with E-state index in [9.17, 15) is 14.7 Å². The number of rotatable bonds is 4. The number of aliphatic hydroxyl groups is 1. The Hall–Kier alpha value is -3.10. The quantitative estimate of drug-likeness (QED) is 0.798. The summed E-state index contributed by atoms with van der Waals surface area (Å²) in [5.41, 5.74) is 3.20. The molecule has 0 bridgehead atoms. The smallest absolute Gasteiger partial charge is 0.242 e. The zero-order valence-electron chi connectivity index (χ0n) is 17.1. The van der Waals surface area contributed by atoms with E-state index in [0.717, 1.165) is 11.1 Å². The number of aliphatic hydroxyl groups excluding tert-OH is 1. The van der Waals surface area contributed by atoms with Crippen molar-refractivity contribution in [2.24, 2.45) is 0 Å². The number of hydrogen-bond donors (Lipinski definition) is 1. The van der Waals surface area contributed by atoms with E-state index in [1.54, 1.807) is 9.80 Å². The standard InChI is InChI=1S/C25H26N2O3/c1-2-23(29)26-15-21-25(22(17-28)27(21)24(30)16-26)20-13-11-19(12-14-20)10-6-9-18-7-4-3-5-8-18/h3-5,7-8,11-14,21-22,25,28H,2,9,15-17H2,1H3/t21-,22+,25-/m1/s1. The first-order valence-electron chi connectivity index (χ1n) is 10.4. The van der Waals surface area contributed by atoms with Gasteiger partial charge in [-0.2, -0.15) is 0 Å². The molecule has 2 saturated heterocycles. The van der Waals surface area contributed by atoms with E-state index >= 15 is 0 Å². The molecular weight excluding hydrogens is 376 g/mol. The molecular formula is C25H26N2O3. The molecule has 0 aliphatic carbocycles. The summed E-state index contributed by atoms with van der Waals surface area (Å²) in [4.78, 5) is 28.1. The van der Waals surface area contributed by atoms with Gasteiger partial charge in [-0.25, -0.2) is 0 Å². The number of benzene rings is 2. The van der Waals surface area contributed by atoms with E-state index in [-0.39, 0.29) is 43.0 Å². The topological polar surface area (TPSA) is 60.9 Å². The van der Waals surface area contributed by atoms with Crippen molar-refractivity contribution in [2.45, 2.75) is 37.8 Å². The second-order valence-electron chi connectivity index (χ2n) is 7.86. The lowest BCUT2D eigenvalue weighted by molar-refractivity contribution is -0.166. The molecule has 0 aromatic heterocycles. The Balaban J connectivity index is 1.48. The third-order valence-electron chi connectivity index (χ3n) is 6.07. The molecule has 5 nitrogen and oxygen atoms in total. The summed E-state index contributed by atoms with van der Waals surface area (Å²) in [6.07, 6.45) is 1.10. The Morgan fingerprint density at radius 3 is 2.53 bits per heavy atom. The van der Waals surface area contributed by atoms with Gasteiger partial charge in [0, 0.05) is 30.9 Å². The van der Waals surface area contributed by atoms with Crippen LogP contribution >= 0.6 is 0 Å². The fourth-order valence-electron chi connectivity index (χ4n) is 4.55. The van der Waals surface area contributed by atoms with Crippen LogP contribution in [0.5, 0.6) is 0 Å². The lowest BCUT2D eigenvalue weighted by Crippen LogP contribution is -2.73. The molecule has 0 unspecified atom stereocenters. The van der Waals surface area contributed by atoms with Gasteiger partial charge in [-0.15, -0.1) is 0 Å². The molecule has 1 N–H and O–H groups in total. The molecule has 2 aromatic carbocycles. The lowest BCUT2D eigenvalue weighted by atomic mass is 9.73. The Morgan fingerprint density at radius 1 is 1.13 bits per heavy atom. The normalized spacial score (nSPS) is 22.6. The fraction of sp³-hybridized carbons (Fsp3) is 0.360. The summed E-state index contributed by atoms with van der Waals surface area (Å²) < 4.78 is 0. The van der Waals surface area contributed by atoms with Crippen LogP contribution in [0.15, 0.2) is 54.6 Å². The van der Waals surface area contributed by atoms with E-state index in [1.165, 1.54) is 5.56 Å². The third kappa shape index (κ3) is 3.83. The molecule has 2 fully saturated rings. The number of piperazine rings is 1. The van der Waals surface area contributed by atoms with Crippen molar-refractivity contribution in [3.8, 4) is 11.8 Å². The summed E-state index contributed by atoms with van der Waals surface area (Å²) in [6, 6.07) is 17.9. The van der Waals surface area contributed by atoms with Crippen LogP contribution in [0.2, 0.25) is 0 Å². The second kappa shape index (κ2) is 8.73. The van der Waals surface area contributed by atoms with Crippen molar-refractivity contribution in [3.63, 3.8) is 0 Å². The van der Waals surface area contributed by atoms with Crippen LogP contribution in [-0.4, -0.2) is 58.5 Å². The largest absolute Gasteiger partial charge is 0.394 e. The predicted molar refractivity (Wildman–Crippen MR) is 115 cm³/mol. The van der Waals surface area contributed by atoms with Gasteiger partial charge in [0.15, 0.2) is 0 Å². The molecule has 2 aliphatic heterocycles. The summed E-state index contributed by atoms with van der Waals surface area (Å²) >= 11 is 0. The van der Waals surface area contributed by atoms with Crippen LogP contribution in [0.25, 0.3) is 0 Å². The maximum Gasteiger partial charge on any atom is 0.242 e. The van der Waals surface area contributed by atoms with Crippen molar-refractivity contribution in [1.82, 2.24) is 9.80 Å². The minimum atomic E-state index is -0.226. The van der Waals surface area contributed by atoms with Gasteiger partial charge >= 0.3 is 0 Å². The molecule has 154 valence electrons. The van der Waals surface area contributed by atoms with Gasteiger partial charge in [-0.1, -0.05) is 61.2 Å². The molecule has 2 aromatic rings. The highest BCUT2D eigenvalue weighted by Crippen LogP contribution is 2.42. The highest BCUT2D eigenvalue weighted by molar-refractivity contribution is 5.87. The molecule has 0 radical (unpaired) electrons. The van der Waals surface area contributed by atoms with Crippen LogP contribution in [-0.2, 0) is 16.0 Å². The van der Waals surface area contributed by atoms with E-state index in [4.69, 9.17) is 0 Å². The van der Waals surface area contributed by atoms with Gasteiger partial charge in [0.25, 0.3) is 0 Å². The van der Waals surface area contributed by atoms with Gasteiger partial charge in [0.05, 0.1) is 25.2 Å². The third-order valence-corrected chi connectivity index (χ3v) is 6.07. The summed E-state index contributed by atoms with van der Waals surface area (Å²) in [5.74, 6) is 6.35. The van der Waals surface area contributed by atoms with Gasteiger partial charge in [0.2, 0.25) is 11.8 Å². The first kappa shape index (κ1) is 20.2. The first-order valence-corrected chi connectivity index (χ1v) is 10.4. The van der Waals surface area contributed by atoms with Crippen LogP contribution in [0, 0.1) is 11.8 Å². The van der Waals surface area contributed by atoms with Crippen molar-refractivity contribution < 1.29 is 14.7 Å². The molecule has 2 heterocycles. The summed E-state index contributed by atoms with van der Waals surface area (Å²) in [7, 11) is 0. The summed E-state index contributed by atoms with van der Waals surface area (Å²) in [6.45, 7) is 2.37. The van der Waals surface area contributed by atoms with E-state index in [2.05, 4.69) is 24.0 Å². The fourth-order valence-corrected chi connectivity index (χ4v) is 4.55. The Bertz CT molecular complexity index is 975. The SMILES string of the molecule is CCC(=O)N1CC(=O)N2[C@H](C1)[C@@H](c1ccc(C#CCc3ccccc3)cc1)[C@@H]2CO. The zero-order valence-corrected chi connectivity index (χ0v) is 17.1. The van der Waals surface area contributed by atoms with E-state index < -0.39 is 0 Å². The molecule has 2 amide bonds. The molecule has 0 spiro atoms. The Labute approximate surface area is 177 Å². The van der Waals surface area contributed by atoms with E-state index in [1.807, 2.05) is 49.4 Å². The minimum Gasteiger partial charge on any atom is -0.394 e. The van der Waals surface area contributed by atoms with Crippen LogP contribution in [0.4, 0.5) is 0 Å². The first-order chi connectivity index (χ1) is 14.6. The molecule has 5 heteroatoms. The van der Waals surface area contributed by atoms with Gasteiger partial charge in [-0.3, -0.25) is 9.59 Å². The summed E-state index contributed by atoms with van der Waals surface area (Å²) in [5, 5.41) is 9.88. The molecule has 3 atom stereocenters. The monoisotopic (exact) mass is 402 g/mol. The van der Waals surface area contributed by atoms with Crippen molar-refractivity contribution in [3.05, 3.63) is 71.3 Å². The number of amides is 2. The molecule has 0 saturated carbocycles. The predicted octanol–water partition coefficient (Wildman–Crippen LogP) is 2.19. The Kier molecular flexibility index (Phi) is 5.87. The number of carbonyl (C=O) groups excluding carboxylic acids is 2. The van der Waals surface area contributed by atoms with Crippen LogP contribution in [0.1, 0.15) is 36.0 Å². The van der Waals surface area contributed by atoms with Gasteiger partial charge in [0.1, 0.15) is 0 Å². The molecule has 30 heavy (non-hydrogen) atoms. The minimum absolute atomic E-state index is 0.00163. The lowest BCUT2D eigenvalue weighted by Gasteiger charge is -2.58. The average Bonchev–Trinajstić information content (AvgIpc) is 2.76. The van der Waals surface area contributed by atoms with Gasteiger partial charge < -0.3 is 14.9 Å². The molecule has 2 aliphatic rings. The number of nitrogens with zero attached hydrogens (tertiary/aromatic N) is 2. The Morgan fingerprint density at radius 2 is 1.87 bits per heavy atom. The maximum atomic E-state index is 12.5. The zero-order chi connectivity index (χ0) is 21.1. The van der Waals surface area contributed by atoms with E-state index in [0.29, 0.717) is 19.4 Å². The van der Waals surface area contributed by atoms with Crippen LogP contribution in [0.3, 0.4) is 0 Å². The molecule has 4 rings (SSSR count). The number of carbonyl (C=O) groups is 2. The number of hydrogen-bond acceptors (Lipinski definition) is 3. The maximum absolute atomic E-state index is 12.5. The van der Waals surface area contributed by atoms with Crippen LogP contribution < -0.4 is 0 Å². The van der Waals surface area contributed by atoms with Crippen molar-refractivity contribution in [2.75, 3.05) is 19.7 Å². The van der Waals surface area contributed by atoms with Crippen molar-refractivity contribution >= 4 is 11.8 Å².